The van der Waals surface area contributed by atoms with Crippen LogP contribution in [0.3, 0.4) is 0 Å². The second-order valence-corrected chi connectivity index (χ2v) is 10.9. The summed E-state index contributed by atoms with van der Waals surface area (Å²) in [6.45, 7) is 4.26. The summed E-state index contributed by atoms with van der Waals surface area (Å²) in [5, 5.41) is 10.2. The first-order chi connectivity index (χ1) is 18.3. The average Bonchev–Trinajstić information content (AvgIpc) is 2.91. The van der Waals surface area contributed by atoms with Crippen molar-refractivity contribution < 1.29 is 14.5 Å². The molecule has 0 radical (unpaired) electrons. The summed E-state index contributed by atoms with van der Waals surface area (Å²) in [6, 6.07) is 21.9. The predicted octanol–water partition coefficient (Wildman–Crippen LogP) is 5.11. The molecule has 0 saturated heterocycles. The van der Waals surface area contributed by atoms with Gasteiger partial charge in [-0.3, -0.25) is 4.79 Å². The first-order valence-corrected chi connectivity index (χ1v) is 13.7. The summed E-state index contributed by atoms with van der Waals surface area (Å²) in [5.41, 5.74) is 6.24. The smallest absolute Gasteiger partial charge is 0.267 e. The molecule has 0 fully saturated rings. The topological polar surface area (TPSA) is 101 Å². The number of anilines is 1. The Morgan fingerprint density at radius 1 is 1.05 bits per heavy atom. The first kappa shape index (κ1) is 26.2. The Bertz CT molecular complexity index is 1480. The summed E-state index contributed by atoms with van der Waals surface area (Å²) >= 11 is 4.54. The van der Waals surface area contributed by atoms with Gasteiger partial charge in [0.25, 0.3) is 11.9 Å². The number of carbonyl (C=O) groups is 1. The highest BCUT2D eigenvalue weighted by Crippen LogP contribution is 2.29. The quantitative estimate of drug-likeness (QED) is 0.257. The third kappa shape index (κ3) is 5.39. The molecule has 2 heterocycles. The van der Waals surface area contributed by atoms with Crippen molar-refractivity contribution in [3.8, 4) is 11.3 Å². The van der Waals surface area contributed by atoms with Gasteiger partial charge in [0.05, 0.1) is 18.3 Å². The molecule has 1 amide bonds. The van der Waals surface area contributed by atoms with Gasteiger partial charge in [-0.05, 0) is 54.7 Å². The molecule has 3 aromatic carbocycles. The van der Waals surface area contributed by atoms with Crippen LogP contribution in [0.25, 0.3) is 11.3 Å². The molecule has 4 aromatic rings. The highest BCUT2D eigenvalue weighted by atomic mass is 35.5. The van der Waals surface area contributed by atoms with E-state index in [1.54, 1.807) is 35.2 Å². The molecule has 5 rings (SSSR count). The number of hydrogen-bond donors (Lipinski definition) is 2. The Hall–Kier alpha value is -3.43. The maximum atomic E-state index is 13.5. The fourth-order valence-corrected chi connectivity index (χ4v) is 5.84. The van der Waals surface area contributed by atoms with Gasteiger partial charge in [-0.15, -0.1) is 0 Å². The van der Waals surface area contributed by atoms with E-state index in [9.17, 15) is 14.5 Å². The highest BCUT2D eigenvalue weighted by Gasteiger charge is 2.30. The van der Waals surface area contributed by atoms with Crippen LogP contribution in [0, 0.1) is 13.8 Å². The van der Waals surface area contributed by atoms with Crippen LogP contribution in [0.15, 0.2) is 77.7 Å². The van der Waals surface area contributed by atoms with Gasteiger partial charge in [-0.1, -0.05) is 60.1 Å². The number of fused-ring (bicyclic) bond motifs is 1. The van der Waals surface area contributed by atoms with Crippen molar-refractivity contribution >= 4 is 34.8 Å². The predicted molar refractivity (Wildman–Crippen MR) is 149 cm³/mol. The van der Waals surface area contributed by atoms with Crippen LogP contribution in [-0.2, 0) is 24.3 Å². The molecule has 0 bridgehead atoms. The number of halogens is 1. The number of aryl methyl sites for hydroxylation is 2. The van der Waals surface area contributed by atoms with Crippen molar-refractivity contribution in [2.24, 2.45) is 0 Å². The third-order valence-electron chi connectivity index (χ3n) is 6.74. The van der Waals surface area contributed by atoms with E-state index in [4.69, 9.17) is 11.6 Å². The number of hydrogen-bond acceptors (Lipinski definition) is 6. The molecule has 9 heteroatoms. The summed E-state index contributed by atoms with van der Waals surface area (Å²) in [5.74, 6) is -0.105. The van der Waals surface area contributed by atoms with E-state index in [0.717, 1.165) is 27.8 Å². The zero-order valence-electron chi connectivity index (χ0n) is 21.0. The van der Waals surface area contributed by atoms with Crippen molar-refractivity contribution in [2.45, 2.75) is 37.8 Å². The van der Waals surface area contributed by atoms with Crippen molar-refractivity contribution in [1.29, 1.82) is 0 Å². The average molecular weight is 547 g/mol. The van der Waals surface area contributed by atoms with Crippen LogP contribution in [-0.4, -0.2) is 43.1 Å². The number of amides is 1. The number of aliphatic hydroxyl groups is 1. The minimum absolute atomic E-state index is 0.123. The van der Waals surface area contributed by atoms with Crippen molar-refractivity contribution in [3.63, 3.8) is 0 Å². The number of benzene rings is 3. The van der Waals surface area contributed by atoms with Gasteiger partial charge in [0.2, 0.25) is 0 Å². The Balaban J connectivity index is 1.38. The Labute approximate surface area is 229 Å². The van der Waals surface area contributed by atoms with Gasteiger partial charge in [-0.25, -0.2) is 4.98 Å². The van der Waals surface area contributed by atoms with Gasteiger partial charge in [0.1, 0.15) is 16.5 Å². The largest absolute Gasteiger partial charge is 0.588 e. The lowest BCUT2D eigenvalue weighted by Gasteiger charge is -2.36. The van der Waals surface area contributed by atoms with Crippen LogP contribution < -0.4 is 4.72 Å². The van der Waals surface area contributed by atoms with E-state index in [2.05, 4.69) is 14.7 Å². The van der Waals surface area contributed by atoms with E-state index in [1.165, 1.54) is 0 Å². The molecule has 0 aliphatic carbocycles. The number of nitrogens with zero attached hydrogens (tertiary/aromatic N) is 3. The summed E-state index contributed by atoms with van der Waals surface area (Å²) in [6.07, 6.45) is 0.584. The van der Waals surface area contributed by atoms with Gasteiger partial charge >= 0.3 is 0 Å². The van der Waals surface area contributed by atoms with Gasteiger partial charge in [0, 0.05) is 29.8 Å². The van der Waals surface area contributed by atoms with Crippen LogP contribution in [0.2, 0.25) is 5.15 Å². The van der Waals surface area contributed by atoms with E-state index in [1.807, 2.05) is 56.3 Å². The lowest BCUT2D eigenvalue weighted by atomic mass is 9.93. The monoisotopic (exact) mass is 546 g/mol. The second-order valence-electron chi connectivity index (χ2n) is 9.31. The van der Waals surface area contributed by atoms with Gasteiger partial charge in [0.15, 0.2) is 4.90 Å². The molecule has 1 unspecified atom stereocenters. The molecule has 7 nitrogen and oxygen atoms in total. The number of carbonyl (C=O) groups excluding carboxylic acids is 1. The highest BCUT2D eigenvalue weighted by molar-refractivity contribution is 7.92. The van der Waals surface area contributed by atoms with Gasteiger partial charge in [-0.2, -0.15) is 9.71 Å². The normalized spacial score (nSPS) is 15.6. The van der Waals surface area contributed by atoms with Crippen LogP contribution in [0.5, 0.6) is 0 Å². The maximum absolute atomic E-state index is 13.5. The summed E-state index contributed by atoms with van der Waals surface area (Å²) in [4.78, 5) is 24.3. The standard InChI is InChI=1S/C29H27ClN4O3S/c1-18-7-5-8-19(2)27(18)25-15-26(30)32-29(31-25)33-38(37)24-12-6-11-21(14-24)28(36)34-16-22-10-4-3-9-20(22)13-23(34)17-35/h3-12,14-15,23,35H,13,16-17H2,1-2H3,(H,31,32,33)/t23-,38?/m0/s1. The summed E-state index contributed by atoms with van der Waals surface area (Å²) < 4.78 is 16.1. The SMILES string of the molecule is Cc1cccc(C)c1-c1cc(Cl)nc(N[S+]([O-])c2cccc(C(=O)N3Cc4ccccc4C[C@H]3CO)c2)n1. The van der Waals surface area contributed by atoms with E-state index in [0.29, 0.717) is 29.1 Å². The van der Waals surface area contributed by atoms with E-state index in [-0.39, 0.29) is 29.7 Å². The molecule has 1 aliphatic heterocycles. The fraction of sp³-hybridized carbons (Fsp3) is 0.207. The lowest BCUT2D eigenvalue weighted by molar-refractivity contribution is 0.0544. The fourth-order valence-electron chi connectivity index (χ4n) is 4.85. The number of nitrogens with one attached hydrogen (secondary N) is 1. The molecular weight excluding hydrogens is 520 g/mol. The molecule has 2 N–H and O–H groups in total. The molecule has 0 spiro atoms. The summed E-state index contributed by atoms with van der Waals surface area (Å²) in [7, 11) is 0. The zero-order valence-corrected chi connectivity index (χ0v) is 22.6. The van der Waals surface area contributed by atoms with Crippen LogP contribution >= 0.6 is 11.6 Å². The van der Waals surface area contributed by atoms with Crippen molar-refractivity contribution in [1.82, 2.24) is 14.9 Å². The van der Waals surface area contributed by atoms with E-state index >= 15 is 0 Å². The molecular formula is C29H27ClN4O3S. The molecule has 1 aliphatic rings. The van der Waals surface area contributed by atoms with Crippen molar-refractivity contribution in [2.75, 3.05) is 11.3 Å². The Morgan fingerprint density at radius 3 is 2.50 bits per heavy atom. The second kappa shape index (κ2) is 11.1. The Kier molecular flexibility index (Phi) is 7.67. The van der Waals surface area contributed by atoms with Crippen LogP contribution in [0.1, 0.15) is 32.6 Å². The molecule has 38 heavy (non-hydrogen) atoms. The Morgan fingerprint density at radius 2 is 1.76 bits per heavy atom. The number of aliphatic hydroxyl groups excluding tert-OH is 1. The zero-order chi connectivity index (χ0) is 26.8. The maximum Gasteiger partial charge on any atom is 0.267 e. The minimum Gasteiger partial charge on any atom is -0.588 e. The minimum atomic E-state index is -1.75. The van der Waals surface area contributed by atoms with Crippen molar-refractivity contribution in [3.05, 3.63) is 106 Å². The molecule has 1 aromatic heterocycles. The third-order valence-corrected chi connectivity index (χ3v) is 7.98. The van der Waals surface area contributed by atoms with Crippen LogP contribution in [0.4, 0.5) is 5.95 Å². The lowest BCUT2D eigenvalue weighted by Crippen LogP contribution is -2.46. The molecule has 194 valence electrons. The van der Waals surface area contributed by atoms with E-state index < -0.39 is 11.4 Å². The number of aromatic nitrogens is 2. The molecule has 0 saturated carbocycles. The molecule has 2 atom stereocenters. The van der Waals surface area contributed by atoms with Gasteiger partial charge < -0.3 is 14.6 Å². The first-order valence-electron chi connectivity index (χ1n) is 12.2. The number of rotatable bonds is 6.